The lowest BCUT2D eigenvalue weighted by Gasteiger charge is -2.18. The van der Waals surface area contributed by atoms with E-state index in [1.807, 2.05) is 41.8 Å². The number of nitrogens with zero attached hydrogens (tertiary/aromatic N) is 3. The van der Waals surface area contributed by atoms with E-state index in [4.69, 9.17) is 9.47 Å². The fraction of sp³-hybridized carbons (Fsp3) is 0.174. The maximum absolute atomic E-state index is 12.4. The maximum Gasteiger partial charge on any atom is 0.411 e. The van der Waals surface area contributed by atoms with Gasteiger partial charge in [0.2, 0.25) is 0 Å². The summed E-state index contributed by atoms with van der Waals surface area (Å²) in [4.78, 5) is 23.2. The average molecular weight is 433 g/mol. The minimum Gasteiger partial charge on any atom is -0.457 e. The first-order valence-corrected chi connectivity index (χ1v) is 10.9. The number of anilines is 2. The number of aromatic nitrogens is 2. The number of amides is 1. The van der Waals surface area contributed by atoms with Crippen molar-refractivity contribution in [1.82, 2.24) is 9.97 Å². The van der Waals surface area contributed by atoms with Crippen molar-refractivity contribution in [2.75, 3.05) is 23.3 Å². The number of carbonyl (C=O) groups excluding carboxylic acids is 1. The SMILES string of the molecule is O=C(Nc1ccc(Oc2ccccc2)cc1)OC1CCN(c2ncnc3ccsc23)C1. The molecule has 0 bridgehead atoms. The third-order valence-electron chi connectivity index (χ3n) is 5.02. The molecule has 2 aromatic heterocycles. The number of rotatable bonds is 5. The Labute approximate surface area is 183 Å². The van der Waals surface area contributed by atoms with Crippen molar-refractivity contribution in [2.24, 2.45) is 0 Å². The highest BCUT2D eigenvalue weighted by atomic mass is 32.1. The van der Waals surface area contributed by atoms with Crippen LogP contribution in [0.15, 0.2) is 72.4 Å². The zero-order chi connectivity index (χ0) is 21.0. The minimum absolute atomic E-state index is 0.189. The highest BCUT2D eigenvalue weighted by Gasteiger charge is 2.28. The van der Waals surface area contributed by atoms with Crippen LogP contribution in [0.3, 0.4) is 0 Å². The fourth-order valence-corrected chi connectivity index (χ4v) is 4.41. The lowest BCUT2D eigenvalue weighted by atomic mass is 10.3. The van der Waals surface area contributed by atoms with Gasteiger partial charge in [-0.15, -0.1) is 11.3 Å². The summed E-state index contributed by atoms with van der Waals surface area (Å²) in [7, 11) is 0. The number of carbonyl (C=O) groups is 1. The van der Waals surface area contributed by atoms with Gasteiger partial charge in [0.05, 0.1) is 16.8 Å². The van der Waals surface area contributed by atoms with E-state index in [9.17, 15) is 4.79 Å². The van der Waals surface area contributed by atoms with Gasteiger partial charge >= 0.3 is 6.09 Å². The first kappa shape index (κ1) is 19.3. The number of para-hydroxylation sites is 1. The molecule has 0 saturated carbocycles. The summed E-state index contributed by atoms with van der Waals surface area (Å²) in [6.45, 7) is 1.40. The monoisotopic (exact) mass is 432 g/mol. The van der Waals surface area contributed by atoms with Crippen LogP contribution >= 0.6 is 11.3 Å². The summed E-state index contributed by atoms with van der Waals surface area (Å²) in [6, 6.07) is 18.7. The molecule has 0 spiro atoms. The van der Waals surface area contributed by atoms with Crippen molar-refractivity contribution in [2.45, 2.75) is 12.5 Å². The zero-order valence-corrected chi connectivity index (χ0v) is 17.4. The van der Waals surface area contributed by atoms with Gasteiger partial charge in [-0.05, 0) is 47.8 Å². The minimum atomic E-state index is -0.465. The van der Waals surface area contributed by atoms with E-state index in [-0.39, 0.29) is 6.10 Å². The normalized spacial score (nSPS) is 15.7. The topological polar surface area (TPSA) is 76.6 Å². The first-order chi connectivity index (χ1) is 15.2. The summed E-state index contributed by atoms with van der Waals surface area (Å²) in [5.41, 5.74) is 1.59. The molecule has 1 atom stereocenters. The Morgan fingerprint density at radius 1 is 1.03 bits per heavy atom. The first-order valence-electron chi connectivity index (χ1n) is 9.98. The van der Waals surface area contributed by atoms with Crippen LogP contribution in [0.2, 0.25) is 0 Å². The van der Waals surface area contributed by atoms with E-state index in [1.165, 1.54) is 0 Å². The number of hydrogen-bond acceptors (Lipinski definition) is 7. The van der Waals surface area contributed by atoms with E-state index in [0.29, 0.717) is 18.0 Å². The Hall–Kier alpha value is -3.65. The zero-order valence-electron chi connectivity index (χ0n) is 16.6. The molecular formula is C23H20N4O3S. The van der Waals surface area contributed by atoms with Crippen LogP contribution in [0.25, 0.3) is 10.2 Å². The molecule has 1 unspecified atom stereocenters. The second-order valence-electron chi connectivity index (χ2n) is 7.16. The Balaban J connectivity index is 1.15. The van der Waals surface area contributed by atoms with Crippen LogP contribution in [-0.4, -0.2) is 35.3 Å². The molecule has 1 fully saturated rings. The van der Waals surface area contributed by atoms with Gasteiger partial charge in [0.1, 0.15) is 29.7 Å². The lowest BCUT2D eigenvalue weighted by Crippen LogP contribution is -2.27. The lowest BCUT2D eigenvalue weighted by molar-refractivity contribution is 0.122. The molecule has 5 rings (SSSR count). The molecule has 0 aliphatic carbocycles. The van der Waals surface area contributed by atoms with Crippen LogP contribution in [0, 0.1) is 0 Å². The standard InChI is InChI=1S/C23H20N4O3S/c28-23(26-16-6-8-18(9-7-16)29-17-4-2-1-3-5-17)30-19-10-12-27(14-19)22-21-20(11-13-31-21)24-15-25-22/h1-9,11,13,15,19H,10,12,14H2,(H,26,28). The third-order valence-corrected chi connectivity index (χ3v) is 5.92. The Morgan fingerprint density at radius 3 is 2.68 bits per heavy atom. The van der Waals surface area contributed by atoms with Gasteiger partial charge in [0, 0.05) is 18.7 Å². The maximum atomic E-state index is 12.4. The predicted molar refractivity (Wildman–Crippen MR) is 121 cm³/mol. The van der Waals surface area contributed by atoms with Gasteiger partial charge in [0.15, 0.2) is 0 Å². The third kappa shape index (κ3) is 4.44. The molecule has 4 aromatic rings. The fourth-order valence-electron chi connectivity index (χ4n) is 3.55. The van der Waals surface area contributed by atoms with E-state index in [0.717, 1.165) is 34.7 Å². The van der Waals surface area contributed by atoms with E-state index in [1.54, 1.807) is 41.9 Å². The second kappa shape index (κ2) is 8.61. The summed E-state index contributed by atoms with van der Waals surface area (Å²) in [5, 5.41) is 4.79. The van der Waals surface area contributed by atoms with E-state index < -0.39 is 6.09 Å². The average Bonchev–Trinajstić information content (AvgIpc) is 3.45. The summed E-state index contributed by atoms with van der Waals surface area (Å²) >= 11 is 1.62. The molecule has 156 valence electrons. The smallest absolute Gasteiger partial charge is 0.411 e. The molecule has 1 amide bonds. The Bertz CT molecular complexity index is 1180. The van der Waals surface area contributed by atoms with Crippen molar-refractivity contribution < 1.29 is 14.3 Å². The number of fused-ring (bicyclic) bond motifs is 1. The predicted octanol–water partition coefficient (Wildman–Crippen LogP) is 5.31. The van der Waals surface area contributed by atoms with E-state index >= 15 is 0 Å². The van der Waals surface area contributed by atoms with Crippen LogP contribution in [-0.2, 0) is 4.74 Å². The van der Waals surface area contributed by atoms with Gasteiger partial charge in [-0.25, -0.2) is 14.8 Å². The van der Waals surface area contributed by atoms with Crippen molar-refractivity contribution >= 4 is 39.2 Å². The number of nitrogens with one attached hydrogen (secondary N) is 1. The Kier molecular flexibility index (Phi) is 5.37. The highest BCUT2D eigenvalue weighted by molar-refractivity contribution is 7.17. The molecule has 1 saturated heterocycles. The molecule has 3 heterocycles. The second-order valence-corrected chi connectivity index (χ2v) is 8.07. The van der Waals surface area contributed by atoms with Crippen LogP contribution in [0.5, 0.6) is 11.5 Å². The Morgan fingerprint density at radius 2 is 1.84 bits per heavy atom. The van der Waals surface area contributed by atoms with Crippen molar-refractivity contribution in [3.8, 4) is 11.5 Å². The van der Waals surface area contributed by atoms with Crippen molar-refractivity contribution in [1.29, 1.82) is 0 Å². The van der Waals surface area contributed by atoms with Gasteiger partial charge in [-0.3, -0.25) is 5.32 Å². The molecule has 1 aliphatic rings. The van der Waals surface area contributed by atoms with Gasteiger partial charge in [0.25, 0.3) is 0 Å². The van der Waals surface area contributed by atoms with Crippen LogP contribution < -0.4 is 15.0 Å². The highest BCUT2D eigenvalue weighted by Crippen LogP contribution is 2.30. The summed E-state index contributed by atoms with van der Waals surface area (Å²) < 4.78 is 12.4. The number of benzene rings is 2. The van der Waals surface area contributed by atoms with Crippen LogP contribution in [0.4, 0.5) is 16.3 Å². The quantitative estimate of drug-likeness (QED) is 0.460. The number of hydrogen-bond donors (Lipinski definition) is 1. The van der Waals surface area contributed by atoms with Gasteiger partial charge < -0.3 is 14.4 Å². The number of ether oxygens (including phenoxy) is 2. The van der Waals surface area contributed by atoms with Gasteiger partial charge in [-0.1, -0.05) is 18.2 Å². The molecular weight excluding hydrogens is 412 g/mol. The van der Waals surface area contributed by atoms with Crippen molar-refractivity contribution in [3.63, 3.8) is 0 Å². The molecule has 31 heavy (non-hydrogen) atoms. The summed E-state index contributed by atoms with van der Waals surface area (Å²) in [5.74, 6) is 2.36. The van der Waals surface area contributed by atoms with Crippen LogP contribution in [0.1, 0.15) is 6.42 Å². The molecule has 1 N–H and O–H groups in total. The largest absolute Gasteiger partial charge is 0.457 e. The molecule has 0 radical (unpaired) electrons. The van der Waals surface area contributed by atoms with Crippen molar-refractivity contribution in [3.05, 3.63) is 72.4 Å². The van der Waals surface area contributed by atoms with E-state index in [2.05, 4.69) is 20.2 Å². The number of thiophene rings is 1. The molecule has 2 aromatic carbocycles. The summed E-state index contributed by atoms with van der Waals surface area (Å²) in [6.07, 6.45) is 1.68. The molecule has 7 nitrogen and oxygen atoms in total. The van der Waals surface area contributed by atoms with Gasteiger partial charge in [-0.2, -0.15) is 0 Å². The molecule has 1 aliphatic heterocycles. The molecule has 8 heteroatoms.